The molecule has 1 N–H and O–H groups in total. The summed E-state index contributed by atoms with van der Waals surface area (Å²) in [5.41, 5.74) is 4.44. The highest BCUT2D eigenvalue weighted by Crippen LogP contribution is 2.52. The molecule has 1 aromatic carbocycles. The minimum Gasteiger partial charge on any atom is -0.390 e. The zero-order valence-corrected chi connectivity index (χ0v) is 16.5. The molecule has 1 fully saturated rings. The fraction of sp³-hybridized carbons (Fsp3) is 0.455. The molecule has 1 atom stereocenters. The summed E-state index contributed by atoms with van der Waals surface area (Å²) in [5.74, 6) is -0.0418. The molecule has 5 rings (SSSR count). The number of hydrogen-bond donors (Lipinski definition) is 1. The maximum Gasteiger partial charge on any atom is 0.254 e. The summed E-state index contributed by atoms with van der Waals surface area (Å²) in [6.07, 6.45) is 4.33. The molecule has 2 aliphatic heterocycles. The average molecular weight is 398 g/mol. The van der Waals surface area contributed by atoms with Crippen molar-refractivity contribution in [2.75, 3.05) is 26.2 Å². The predicted octanol–water partition coefficient (Wildman–Crippen LogP) is 2.64. The zero-order valence-electron chi connectivity index (χ0n) is 15.8. The van der Waals surface area contributed by atoms with E-state index in [2.05, 4.69) is 34.1 Å². The lowest BCUT2D eigenvalue weighted by molar-refractivity contribution is 0.0459. The molecule has 1 spiro atoms. The lowest BCUT2D eigenvalue weighted by Gasteiger charge is -2.37. The van der Waals surface area contributed by atoms with Crippen LogP contribution in [0.1, 0.15) is 39.9 Å². The first-order valence-electron chi connectivity index (χ1n) is 9.97. The van der Waals surface area contributed by atoms with E-state index in [9.17, 15) is 9.90 Å². The van der Waals surface area contributed by atoms with Crippen molar-refractivity contribution in [2.24, 2.45) is 0 Å². The van der Waals surface area contributed by atoms with Crippen LogP contribution in [0.4, 0.5) is 0 Å². The quantitative estimate of drug-likeness (QED) is 0.806. The van der Waals surface area contributed by atoms with Crippen molar-refractivity contribution in [1.82, 2.24) is 14.8 Å². The van der Waals surface area contributed by atoms with Crippen molar-refractivity contribution < 1.29 is 9.90 Å². The summed E-state index contributed by atoms with van der Waals surface area (Å²) in [4.78, 5) is 21.3. The number of benzene rings is 1. The number of fused-ring (bicyclic) bond motifs is 3. The zero-order chi connectivity index (χ0) is 19.3. The number of amides is 1. The van der Waals surface area contributed by atoms with Gasteiger partial charge in [0.1, 0.15) is 5.15 Å². The number of aliphatic hydroxyl groups excluding tert-OH is 1. The van der Waals surface area contributed by atoms with Gasteiger partial charge in [0.25, 0.3) is 5.91 Å². The molecule has 1 saturated carbocycles. The number of carbonyl (C=O) groups is 1. The maximum absolute atomic E-state index is 13.0. The van der Waals surface area contributed by atoms with Gasteiger partial charge in [-0.1, -0.05) is 35.9 Å². The second-order valence-corrected chi connectivity index (χ2v) is 8.81. The fourth-order valence-electron chi connectivity index (χ4n) is 4.77. The Kier molecular flexibility index (Phi) is 4.42. The van der Waals surface area contributed by atoms with E-state index >= 15 is 0 Å². The number of hydrogen-bond acceptors (Lipinski definition) is 4. The number of rotatable bonds is 4. The SMILES string of the molecule is O=C1c2cc(Cl)ncc2C2(CC2)CN1C[C@H](O)CN1CCc2ccccc2C1. The van der Waals surface area contributed by atoms with E-state index in [1.165, 1.54) is 11.1 Å². The number of aromatic nitrogens is 1. The van der Waals surface area contributed by atoms with E-state index in [4.69, 9.17) is 11.6 Å². The van der Waals surface area contributed by atoms with E-state index in [1.807, 2.05) is 4.90 Å². The highest BCUT2D eigenvalue weighted by molar-refractivity contribution is 6.29. The van der Waals surface area contributed by atoms with Gasteiger partial charge in [-0.2, -0.15) is 0 Å². The van der Waals surface area contributed by atoms with Gasteiger partial charge in [-0.05, 0) is 42.0 Å². The van der Waals surface area contributed by atoms with E-state index in [-0.39, 0.29) is 11.3 Å². The third-order valence-electron chi connectivity index (χ3n) is 6.42. The van der Waals surface area contributed by atoms with Gasteiger partial charge in [0, 0.05) is 49.9 Å². The van der Waals surface area contributed by atoms with Gasteiger partial charge in [-0.15, -0.1) is 0 Å². The number of aliphatic hydroxyl groups is 1. The van der Waals surface area contributed by atoms with Crippen molar-refractivity contribution in [3.63, 3.8) is 0 Å². The monoisotopic (exact) mass is 397 g/mol. The first kappa shape index (κ1) is 18.1. The summed E-state index contributed by atoms with van der Waals surface area (Å²) in [5, 5.41) is 11.1. The lowest BCUT2D eigenvalue weighted by Crippen LogP contribution is -2.49. The van der Waals surface area contributed by atoms with Gasteiger partial charge in [-0.25, -0.2) is 4.98 Å². The van der Waals surface area contributed by atoms with Crippen molar-refractivity contribution in [3.8, 4) is 0 Å². The van der Waals surface area contributed by atoms with Crippen LogP contribution in [0.5, 0.6) is 0 Å². The second-order valence-electron chi connectivity index (χ2n) is 8.43. The summed E-state index contributed by atoms with van der Waals surface area (Å²) in [6, 6.07) is 10.2. The van der Waals surface area contributed by atoms with Gasteiger partial charge in [0.05, 0.1) is 6.10 Å². The highest BCUT2D eigenvalue weighted by Gasteiger charge is 2.51. The smallest absolute Gasteiger partial charge is 0.254 e. The Balaban J connectivity index is 1.27. The summed E-state index contributed by atoms with van der Waals surface area (Å²) in [7, 11) is 0. The second kappa shape index (κ2) is 6.83. The summed E-state index contributed by atoms with van der Waals surface area (Å²) in [6.45, 7) is 3.40. The molecule has 28 heavy (non-hydrogen) atoms. The molecule has 0 radical (unpaired) electrons. The molecule has 1 amide bonds. The van der Waals surface area contributed by atoms with Gasteiger partial charge in [0.2, 0.25) is 0 Å². The number of halogens is 1. The third-order valence-corrected chi connectivity index (χ3v) is 6.62. The Labute approximate surface area is 169 Å². The molecule has 1 aliphatic carbocycles. The molecular weight excluding hydrogens is 374 g/mol. The van der Waals surface area contributed by atoms with Crippen LogP contribution in [0.15, 0.2) is 36.5 Å². The molecule has 5 nitrogen and oxygen atoms in total. The third kappa shape index (κ3) is 3.21. The molecule has 3 heterocycles. The largest absolute Gasteiger partial charge is 0.390 e. The topological polar surface area (TPSA) is 56.7 Å². The Morgan fingerprint density at radius 3 is 2.79 bits per heavy atom. The van der Waals surface area contributed by atoms with Gasteiger partial charge in [0.15, 0.2) is 0 Å². The molecule has 6 heteroatoms. The molecule has 1 aromatic heterocycles. The standard InChI is InChI=1S/C22H24ClN3O2/c23-20-9-18-19(10-24-20)22(6-7-22)14-26(21(18)28)13-17(27)12-25-8-5-15-3-1-2-4-16(15)11-25/h1-4,9-10,17,27H,5-8,11-14H2/t17-/m1/s1. The number of β-amino-alcohol motifs (C(OH)–C–C–N with tert-alkyl or cyclic N) is 1. The Morgan fingerprint density at radius 1 is 1.21 bits per heavy atom. The fourth-order valence-corrected chi connectivity index (χ4v) is 4.93. The Hall–Kier alpha value is -1.95. The van der Waals surface area contributed by atoms with Crippen LogP contribution < -0.4 is 0 Å². The van der Waals surface area contributed by atoms with E-state index in [0.29, 0.717) is 30.4 Å². The number of pyridine rings is 1. The van der Waals surface area contributed by atoms with Crippen LogP contribution in [-0.2, 0) is 18.4 Å². The van der Waals surface area contributed by atoms with Crippen LogP contribution in [0.25, 0.3) is 0 Å². The number of carbonyl (C=O) groups excluding carboxylic acids is 1. The normalized spacial score (nSPS) is 21.4. The molecule has 3 aliphatic rings. The van der Waals surface area contributed by atoms with Crippen molar-refractivity contribution >= 4 is 17.5 Å². The maximum atomic E-state index is 13.0. The van der Waals surface area contributed by atoms with Crippen LogP contribution in [-0.4, -0.2) is 58.1 Å². The molecular formula is C22H24ClN3O2. The van der Waals surface area contributed by atoms with Crippen LogP contribution in [0, 0.1) is 0 Å². The van der Waals surface area contributed by atoms with Gasteiger partial charge in [-0.3, -0.25) is 9.69 Å². The summed E-state index contributed by atoms with van der Waals surface area (Å²) >= 11 is 6.04. The van der Waals surface area contributed by atoms with E-state index < -0.39 is 6.10 Å². The van der Waals surface area contributed by atoms with Crippen LogP contribution >= 0.6 is 11.6 Å². The molecule has 0 bridgehead atoms. The minimum atomic E-state index is -0.566. The van der Waals surface area contributed by atoms with E-state index in [1.54, 1.807) is 12.3 Å². The first-order chi connectivity index (χ1) is 13.5. The Morgan fingerprint density at radius 2 is 2.00 bits per heavy atom. The van der Waals surface area contributed by atoms with Gasteiger partial charge >= 0.3 is 0 Å². The lowest BCUT2D eigenvalue weighted by atomic mass is 9.88. The highest BCUT2D eigenvalue weighted by atomic mass is 35.5. The molecule has 2 aromatic rings. The van der Waals surface area contributed by atoms with Crippen LogP contribution in [0.3, 0.4) is 0 Å². The molecule has 146 valence electrons. The summed E-state index contributed by atoms with van der Waals surface area (Å²) < 4.78 is 0. The van der Waals surface area contributed by atoms with Gasteiger partial charge < -0.3 is 10.0 Å². The first-order valence-corrected chi connectivity index (χ1v) is 10.3. The average Bonchev–Trinajstić information content (AvgIpc) is 3.46. The van der Waals surface area contributed by atoms with Crippen molar-refractivity contribution in [1.29, 1.82) is 0 Å². The Bertz CT molecular complexity index is 928. The van der Waals surface area contributed by atoms with Crippen molar-refractivity contribution in [3.05, 3.63) is 63.9 Å². The van der Waals surface area contributed by atoms with Crippen LogP contribution in [0.2, 0.25) is 5.15 Å². The van der Waals surface area contributed by atoms with E-state index in [0.717, 1.165) is 37.9 Å². The molecule has 0 saturated heterocycles. The number of nitrogens with zero attached hydrogens (tertiary/aromatic N) is 3. The predicted molar refractivity (Wildman–Crippen MR) is 107 cm³/mol. The molecule has 0 unspecified atom stereocenters. The minimum absolute atomic E-state index is 0.0185. The van der Waals surface area contributed by atoms with Crippen molar-refractivity contribution in [2.45, 2.75) is 37.3 Å².